The molecule has 0 aliphatic carbocycles. The molecule has 4 rings (SSSR count). The summed E-state index contributed by atoms with van der Waals surface area (Å²) in [4.78, 5) is 2.21. The lowest BCUT2D eigenvalue weighted by Crippen LogP contribution is -2.28. The van der Waals surface area contributed by atoms with E-state index in [2.05, 4.69) is 11.8 Å². The Kier molecular flexibility index (Phi) is 8.08. The fourth-order valence-electron chi connectivity index (χ4n) is 4.42. The second kappa shape index (κ2) is 11.4. The molecule has 0 unspecified atom stereocenters. The van der Waals surface area contributed by atoms with Crippen molar-refractivity contribution in [1.82, 2.24) is 4.90 Å². The normalized spacial score (nSPS) is 11.6. The van der Waals surface area contributed by atoms with E-state index in [1.54, 1.807) is 26.4 Å². The number of nitrogens with zero attached hydrogens (tertiary/aromatic N) is 1. The molecular weight excluding hydrogens is 457 g/mol. The zero-order chi connectivity index (χ0) is 25.5. The van der Waals surface area contributed by atoms with Gasteiger partial charge in [0.25, 0.3) is 0 Å². The van der Waals surface area contributed by atoms with Crippen LogP contribution in [0, 0.1) is 5.82 Å². The van der Waals surface area contributed by atoms with Crippen LogP contribution in [0.2, 0.25) is 0 Å². The molecule has 5 nitrogen and oxygen atoms in total. The molecule has 0 radical (unpaired) electrons. The summed E-state index contributed by atoms with van der Waals surface area (Å²) >= 11 is 0. The van der Waals surface area contributed by atoms with Crippen LogP contribution in [0.3, 0.4) is 0 Å². The van der Waals surface area contributed by atoms with Crippen LogP contribution < -0.4 is 9.47 Å². The molecule has 0 aliphatic heterocycles. The van der Waals surface area contributed by atoms with Crippen LogP contribution in [0.5, 0.6) is 11.5 Å². The van der Waals surface area contributed by atoms with E-state index in [1.807, 2.05) is 66.7 Å². The average molecular weight is 490 g/mol. The third kappa shape index (κ3) is 5.61. The van der Waals surface area contributed by atoms with Gasteiger partial charge in [0.15, 0.2) is 5.60 Å². The first-order chi connectivity index (χ1) is 17.5. The Morgan fingerprint density at radius 1 is 0.833 bits per heavy atom. The smallest absolute Gasteiger partial charge is 0.173 e. The Hall–Kier alpha value is -3.61. The summed E-state index contributed by atoms with van der Waals surface area (Å²) in [5.41, 5.74) is 0.692. The highest BCUT2D eigenvalue weighted by molar-refractivity contribution is 5.46. The number of aliphatic hydroxyl groups is 1. The number of furan rings is 1. The molecule has 4 aromatic rings. The number of benzene rings is 3. The molecule has 0 atom stereocenters. The molecule has 3 aromatic carbocycles. The zero-order valence-electron chi connectivity index (χ0n) is 20.9. The van der Waals surface area contributed by atoms with Crippen LogP contribution in [-0.4, -0.2) is 30.8 Å². The first kappa shape index (κ1) is 25.5. The molecule has 0 fully saturated rings. The van der Waals surface area contributed by atoms with E-state index in [0.29, 0.717) is 41.5 Å². The van der Waals surface area contributed by atoms with Gasteiger partial charge in [0.2, 0.25) is 0 Å². The number of rotatable bonds is 11. The lowest BCUT2D eigenvalue weighted by Gasteiger charge is -2.28. The Morgan fingerprint density at radius 2 is 1.44 bits per heavy atom. The third-order valence-electron chi connectivity index (χ3n) is 6.25. The molecule has 1 N–H and O–H groups in total. The monoisotopic (exact) mass is 489 g/mol. The molecule has 0 saturated heterocycles. The summed E-state index contributed by atoms with van der Waals surface area (Å²) in [6.07, 6.45) is 0.949. The van der Waals surface area contributed by atoms with E-state index in [9.17, 15) is 9.50 Å². The second-order valence-corrected chi connectivity index (χ2v) is 8.77. The van der Waals surface area contributed by atoms with Crippen molar-refractivity contribution in [2.45, 2.75) is 32.0 Å². The second-order valence-electron chi connectivity index (χ2n) is 8.77. The maximum absolute atomic E-state index is 13.7. The molecule has 188 valence electrons. The van der Waals surface area contributed by atoms with E-state index in [1.165, 1.54) is 6.07 Å². The van der Waals surface area contributed by atoms with Gasteiger partial charge in [0.05, 0.1) is 20.8 Å². The SMILES string of the molecule is CCCN(Cc1cccc(F)c1)Cc1ccc(C(O)(c2ccc(OC)cc2)c2ccc(OC)cc2)o1. The van der Waals surface area contributed by atoms with E-state index >= 15 is 0 Å². The Balaban J connectivity index is 1.66. The van der Waals surface area contributed by atoms with Crippen molar-refractivity contribution < 1.29 is 23.4 Å². The summed E-state index contributed by atoms with van der Waals surface area (Å²) in [5, 5.41) is 12.1. The summed E-state index contributed by atoms with van der Waals surface area (Å²) in [6, 6.07) is 25.0. The zero-order valence-corrected chi connectivity index (χ0v) is 20.9. The van der Waals surface area contributed by atoms with Gasteiger partial charge in [-0.2, -0.15) is 0 Å². The minimum absolute atomic E-state index is 0.242. The van der Waals surface area contributed by atoms with E-state index in [0.717, 1.165) is 24.3 Å². The minimum atomic E-state index is -1.52. The molecule has 0 bridgehead atoms. The quantitative estimate of drug-likeness (QED) is 0.275. The predicted molar refractivity (Wildman–Crippen MR) is 138 cm³/mol. The Morgan fingerprint density at radius 3 is 1.97 bits per heavy atom. The third-order valence-corrected chi connectivity index (χ3v) is 6.25. The first-order valence-electron chi connectivity index (χ1n) is 12.0. The highest BCUT2D eigenvalue weighted by Crippen LogP contribution is 2.39. The molecule has 0 saturated carbocycles. The largest absolute Gasteiger partial charge is 0.497 e. The number of hydrogen-bond donors (Lipinski definition) is 1. The van der Waals surface area contributed by atoms with E-state index < -0.39 is 5.60 Å². The fourth-order valence-corrected chi connectivity index (χ4v) is 4.42. The molecule has 6 heteroatoms. The van der Waals surface area contributed by atoms with E-state index in [4.69, 9.17) is 13.9 Å². The van der Waals surface area contributed by atoms with Crippen LogP contribution in [0.15, 0.2) is 89.3 Å². The average Bonchev–Trinajstić information content (AvgIpc) is 3.37. The van der Waals surface area contributed by atoms with Crippen molar-refractivity contribution in [2.75, 3.05) is 20.8 Å². The van der Waals surface area contributed by atoms with Crippen LogP contribution in [0.25, 0.3) is 0 Å². The van der Waals surface area contributed by atoms with Crippen LogP contribution >= 0.6 is 0 Å². The Bertz CT molecular complexity index is 1200. The van der Waals surface area contributed by atoms with Crippen molar-refractivity contribution in [3.63, 3.8) is 0 Å². The minimum Gasteiger partial charge on any atom is -0.497 e. The lowest BCUT2D eigenvalue weighted by atomic mass is 9.84. The first-order valence-corrected chi connectivity index (χ1v) is 12.0. The van der Waals surface area contributed by atoms with Crippen molar-refractivity contribution in [3.8, 4) is 11.5 Å². The van der Waals surface area contributed by atoms with Gasteiger partial charge < -0.3 is 19.0 Å². The molecule has 0 spiro atoms. The van der Waals surface area contributed by atoms with Gasteiger partial charge >= 0.3 is 0 Å². The highest BCUT2D eigenvalue weighted by atomic mass is 19.1. The van der Waals surface area contributed by atoms with Crippen molar-refractivity contribution in [3.05, 3.63) is 119 Å². The standard InChI is InChI=1S/C30H32FNO4/c1-4-18-32(20-22-6-5-7-25(31)19-22)21-28-16-17-29(36-28)30(33,23-8-12-26(34-2)13-9-23)24-10-14-27(35-3)15-11-24/h5-17,19,33H,4,18,20-21H2,1-3H3. The van der Waals surface area contributed by atoms with Crippen LogP contribution in [0.4, 0.5) is 4.39 Å². The summed E-state index contributed by atoms with van der Waals surface area (Å²) < 4.78 is 30.6. The van der Waals surface area contributed by atoms with Gasteiger partial charge in [-0.05, 0) is 78.2 Å². The molecular formula is C30H32FNO4. The molecule has 0 amide bonds. The van der Waals surface area contributed by atoms with Crippen molar-refractivity contribution in [1.29, 1.82) is 0 Å². The van der Waals surface area contributed by atoms with Gasteiger partial charge in [0, 0.05) is 6.54 Å². The predicted octanol–water partition coefficient (Wildman–Crippen LogP) is 6.13. The molecule has 1 heterocycles. The van der Waals surface area contributed by atoms with Crippen molar-refractivity contribution >= 4 is 0 Å². The summed E-state index contributed by atoms with van der Waals surface area (Å²) in [5.74, 6) is 2.28. The number of methoxy groups -OCH3 is 2. The maximum atomic E-state index is 13.7. The topological polar surface area (TPSA) is 55.1 Å². The fraction of sp³-hybridized carbons (Fsp3) is 0.267. The molecule has 1 aromatic heterocycles. The number of hydrogen-bond acceptors (Lipinski definition) is 5. The number of halogens is 1. The van der Waals surface area contributed by atoms with Crippen LogP contribution in [0.1, 0.15) is 41.6 Å². The molecule has 0 aliphatic rings. The van der Waals surface area contributed by atoms with Gasteiger partial charge in [0.1, 0.15) is 28.8 Å². The summed E-state index contributed by atoms with van der Waals surface area (Å²) in [6.45, 7) is 4.07. The van der Waals surface area contributed by atoms with Gasteiger partial charge in [-0.15, -0.1) is 0 Å². The van der Waals surface area contributed by atoms with Crippen molar-refractivity contribution in [2.24, 2.45) is 0 Å². The van der Waals surface area contributed by atoms with Crippen LogP contribution in [-0.2, 0) is 18.7 Å². The highest BCUT2D eigenvalue weighted by Gasteiger charge is 2.37. The molecule has 36 heavy (non-hydrogen) atoms. The number of ether oxygens (including phenoxy) is 2. The van der Waals surface area contributed by atoms with E-state index in [-0.39, 0.29) is 5.82 Å². The maximum Gasteiger partial charge on any atom is 0.173 e. The lowest BCUT2D eigenvalue weighted by molar-refractivity contribution is 0.0951. The Labute approximate surface area is 211 Å². The van der Waals surface area contributed by atoms with Gasteiger partial charge in [-0.3, -0.25) is 4.90 Å². The van der Waals surface area contributed by atoms with Gasteiger partial charge in [-0.1, -0.05) is 43.3 Å². The summed E-state index contributed by atoms with van der Waals surface area (Å²) in [7, 11) is 3.21. The van der Waals surface area contributed by atoms with Gasteiger partial charge in [-0.25, -0.2) is 4.39 Å².